The van der Waals surface area contributed by atoms with Crippen LogP contribution in [0, 0.1) is 5.92 Å². The van der Waals surface area contributed by atoms with Gasteiger partial charge in [0.05, 0.1) is 23.1 Å². The molecule has 4 nitrogen and oxygen atoms in total. The molecular weight excluding hydrogens is 388 g/mol. The minimum atomic E-state index is 0.163. The third-order valence-corrected chi connectivity index (χ3v) is 7.27. The van der Waals surface area contributed by atoms with Crippen molar-refractivity contribution in [2.45, 2.75) is 31.6 Å². The molecule has 1 amide bonds. The van der Waals surface area contributed by atoms with E-state index in [1.807, 2.05) is 47.4 Å². The van der Waals surface area contributed by atoms with E-state index in [9.17, 15) is 4.79 Å². The smallest absolute Gasteiger partial charge is 0.237 e. The zero-order valence-electron chi connectivity index (χ0n) is 16.1. The summed E-state index contributed by atoms with van der Waals surface area (Å²) in [5.41, 5.74) is 1.99. The molecule has 1 heterocycles. The maximum absolute atomic E-state index is 13.1. The maximum atomic E-state index is 13.1. The van der Waals surface area contributed by atoms with E-state index in [-0.39, 0.29) is 11.9 Å². The first-order valence-corrected chi connectivity index (χ1v) is 11.5. The van der Waals surface area contributed by atoms with Gasteiger partial charge in [0.1, 0.15) is 10.8 Å². The van der Waals surface area contributed by atoms with Crippen LogP contribution < -0.4 is 9.64 Å². The Kier molecular flexibility index (Phi) is 5.87. The van der Waals surface area contributed by atoms with E-state index < -0.39 is 0 Å². The first kappa shape index (κ1) is 19.3. The first-order chi connectivity index (χ1) is 13.7. The summed E-state index contributed by atoms with van der Waals surface area (Å²) in [7, 11) is 1.66. The minimum Gasteiger partial charge on any atom is -0.497 e. The molecule has 1 aliphatic rings. The van der Waals surface area contributed by atoms with Crippen molar-refractivity contribution in [2.75, 3.05) is 17.8 Å². The number of hydrogen-bond donors (Lipinski definition) is 0. The topological polar surface area (TPSA) is 42.4 Å². The second-order valence-electron chi connectivity index (χ2n) is 7.11. The van der Waals surface area contributed by atoms with Crippen LogP contribution >= 0.6 is 23.1 Å². The molecule has 0 radical (unpaired) electrons. The lowest BCUT2D eigenvalue weighted by atomic mass is 10.1. The number of fused-ring (bicyclic) bond motifs is 1. The highest BCUT2D eigenvalue weighted by Crippen LogP contribution is 2.37. The molecule has 3 aromatic rings. The monoisotopic (exact) mass is 412 g/mol. The second-order valence-corrected chi connectivity index (χ2v) is 9.21. The van der Waals surface area contributed by atoms with Gasteiger partial charge >= 0.3 is 0 Å². The number of rotatable bonds is 8. The summed E-state index contributed by atoms with van der Waals surface area (Å²) in [6.45, 7) is 2.16. The SMILES string of the molecule is COc1ccc(N(C(=O)CSCc2nc3ccccc3s2)C(C)C2CC2)cc1. The van der Waals surface area contributed by atoms with Crippen molar-refractivity contribution in [1.29, 1.82) is 0 Å². The van der Waals surface area contributed by atoms with Gasteiger partial charge in [0, 0.05) is 17.5 Å². The fraction of sp³-hybridized carbons (Fsp3) is 0.364. The number of anilines is 1. The largest absolute Gasteiger partial charge is 0.497 e. The molecule has 0 N–H and O–H groups in total. The van der Waals surface area contributed by atoms with Crippen molar-refractivity contribution in [3.63, 3.8) is 0 Å². The zero-order valence-corrected chi connectivity index (χ0v) is 17.8. The van der Waals surface area contributed by atoms with Crippen LogP contribution in [-0.4, -0.2) is 29.8 Å². The number of hydrogen-bond acceptors (Lipinski definition) is 5. The Hall–Kier alpha value is -2.05. The normalized spacial score (nSPS) is 14.8. The predicted octanol–water partition coefficient (Wildman–Crippen LogP) is 5.37. The minimum absolute atomic E-state index is 0.163. The van der Waals surface area contributed by atoms with Crippen molar-refractivity contribution in [1.82, 2.24) is 4.98 Å². The van der Waals surface area contributed by atoms with Crippen LogP contribution in [-0.2, 0) is 10.5 Å². The fourth-order valence-corrected chi connectivity index (χ4v) is 5.32. The van der Waals surface area contributed by atoms with E-state index in [1.54, 1.807) is 30.2 Å². The van der Waals surface area contributed by atoms with Gasteiger partial charge in [-0.2, -0.15) is 0 Å². The van der Waals surface area contributed by atoms with E-state index in [1.165, 1.54) is 17.5 Å². The Balaban J connectivity index is 1.42. The molecule has 0 bridgehead atoms. The summed E-state index contributed by atoms with van der Waals surface area (Å²) < 4.78 is 6.46. The number of ether oxygens (including phenoxy) is 1. The molecule has 0 aliphatic heterocycles. The van der Waals surface area contributed by atoms with Gasteiger partial charge in [0.15, 0.2) is 0 Å². The van der Waals surface area contributed by atoms with E-state index in [2.05, 4.69) is 18.0 Å². The van der Waals surface area contributed by atoms with E-state index in [4.69, 9.17) is 4.74 Å². The van der Waals surface area contributed by atoms with Crippen molar-refractivity contribution in [3.05, 3.63) is 53.5 Å². The van der Waals surface area contributed by atoms with Gasteiger partial charge in [-0.05, 0) is 62.1 Å². The average Bonchev–Trinajstić information content (AvgIpc) is 3.48. The van der Waals surface area contributed by atoms with Gasteiger partial charge in [-0.1, -0.05) is 12.1 Å². The van der Waals surface area contributed by atoms with E-state index in [0.717, 1.165) is 27.7 Å². The predicted molar refractivity (Wildman–Crippen MR) is 118 cm³/mol. The lowest BCUT2D eigenvalue weighted by molar-refractivity contribution is -0.116. The zero-order chi connectivity index (χ0) is 19.5. The average molecular weight is 413 g/mol. The summed E-state index contributed by atoms with van der Waals surface area (Å²) in [5.74, 6) is 2.80. The number of para-hydroxylation sites is 1. The summed E-state index contributed by atoms with van der Waals surface area (Å²) in [6, 6.07) is 16.2. The van der Waals surface area contributed by atoms with Crippen molar-refractivity contribution in [2.24, 2.45) is 5.92 Å². The van der Waals surface area contributed by atoms with Crippen molar-refractivity contribution >= 4 is 44.9 Å². The summed E-state index contributed by atoms with van der Waals surface area (Å²) in [6.07, 6.45) is 2.42. The number of thioether (sulfide) groups is 1. The molecule has 1 saturated carbocycles. The summed E-state index contributed by atoms with van der Waals surface area (Å²) >= 11 is 3.35. The molecule has 1 aliphatic carbocycles. The van der Waals surface area contributed by atoms with Gasteiger partial charge in [-0.3, -0.25) is 4.79 Å². The van der Waals surface area contributed by atoms with Gasteiger partial charge < -0.3 is 9.64 Å². The number of carbonyl (C=O) groups is 1. The number of aromatic nitrogens is 1. The summed E-state index contributed by atoms with van der Waals surface area (Å²) in [5, 5.41) is 1.07. The highest BCUT2D eigenvalue weighted by atomic mass is 32.2. The quantitative estimate of drug-likeness (QED) is 0.499. The molecule has 6 heteroatoms. The molecule has 4 rings (SSSR count). The second kappa shape index (κ2) is 8.53. The number of thiazole rings is 1. The Morgan fingerprint density at radius 3 is 2.68 bits per heavy atom. The van der Waals surface area contributed by atoms with Crippen LogP contribution in [0.1, 0.15) is 24.8 Å². The lowest BCUT2D eigenvalue weighted by Crippen LogP contribution is -2.41. The number of carbonyl (C=O) groups excluding carboxylic acids is 1. The van der Waals surface area contributed by atoms with Crippen LogP contribution in [0.2, 0.25) is 0 Å². The Bertz CT molecular complexity index is 918. The molecule has 0 spiro atoms. The van der Waals surface area contributed by atoms with Crippen LogP contribution in [0.25, 0.3) is 10.2 Å². The van der Waals surface area contributed by atoms with Crippen molar-refractivity contribution < 1.29 is 9.53 Å². The number of benzene rings is 2. The van der Waals surface area contributed by atoms with Crippen LogP contribution in [0.3, 0.4) is 0 Å². The maximum Gasteiger partial charge on any atom is 0.237 e. The van der Waals surface area contributed by atoms with Crippen molar-refractivity contribution in [3.8, 4) is 5.75 Å². The molecule has 1 fully saturated rings. The number of amides is 1. The fourth-order valence-electron chi connectivity index (χ4n) is 3.42. The Labute approximate surface area is 173 Å². The summed E-state index contributed by atoms with van der Waals surface area (Å²) in [4.78, 5) is 19.7. The standard InChI is InChI=1S/C22H24N2O2S2/c1-15(16-7-8-16)24(17-9-11-18(26-2)12-10-17)22(25)14-27-13-21-23-19-5-3-4-6-20(19)28-21/h3-6,9-12,15-16H,7-8,13-14H2,1-2H3. The van der Waals surface area contributed by atoms with Gasteiger partial charge in [0.25, 0.3) is 0 Å². The van der Waals surface area contributed by atoms with Gasteiger partial charge in [-0.25, -0.2) is 4.98 Å². The molecule has 2 aromatic carbocycles. The van der Waals surface area contributed by atoms with Gasteiger partial charge in [-0.15, -0.1) is 23.1 Å². The molecule has 1 atom stereocenters. The van der Waals surface area contributed by atoms with Crippen LogP contribution in [0.15, 0.2) is 48.5 Å². The molecule has 28 heavy (non-hydrogen) atoms. The third kappa shape index (κ3) is 4.33. The first-order valence-electron chi connectivity index (χ1n) is 9.54. The highest BCUT2D eigenvalue weighted by molar-refractivity contribution is 7.99. The third-order valence-electron chi connectivity index (χ3n) is 5.12. The Morgan fingerprint density at radius 1 is 1.25 bits per heavy atom. The van der Waals surface area contributed by atoms with Crippen LogP contribution in [0.4, 0.5) is 5.69 Å². The molecule has 0 saturated heterocycles. The highest BCUT2D eigenvalue weighted by Gasteiger charge is 2.35. The Morgan fingerprint density at radius 2 is 2.00 bits per heavy atom. The van der Waals surface area contributed by atoms with E-state index in [0.29, 0.717) is 11.7 Å². The number of nitrogens with zero attached hydrogens (tertiary/aromatic N) is 2. The van der Waals surface area contributed by atoms with Crippen LogP contribution in [0.5, 0.6) is 5.75 Å². The molecule has 1 unspecified atom stereocenters. The number of methoxy groups -OCH3 is 1. The molecule has 146 valence electrons. The molecule has 1 aromatic heterocycles. The lowest BCUT2D eigenvalue weighted by Gasteiger charge is -2.29. The van der Waals surface area contributed by atoms with Gasteiger partial charge in [0.2, 0.25) is 5.91 Å². The van der Waals surface area contributed by atoms with E-state index >= 15 is 0 Å². The molecular formula is C22H24N2O2S2.